The molecule has 3 heteroatoms. The summed E-state index contributed by atoms with van der Waals surface area (Å²) in [6.45, 7) is 6.65. The first kappa shape index (κ1) is 17.0. The minimum Gasteiger partial charge on any atom is -0.496 e. The fourth-order valence-electron chi connectivity index (χ4n) is 3.34. The zero-order valence-electron chi connectivity index (χ0n) is 14.1. The monoisotopic (exact) mass is 278 g/mol. The molecule has 114 valence electrons. The van der Waals surface area contributed by atoms with Crippen LogP contribution in [0.25, 0.3) is 0 Å². The van der Waals surface area contributed by atoms with Crippen molar-refractivity contribution < 1.29 is 4.74 Å². The van der Waals surface area contributed by atoms with Crippen molar-refractivity contribution in [2.45, 2.75) is 45.2 Å². The lowest BCUT2D eigenvalue weighted by Gasteiger charge is -2.45. The summed E-state index contributed by atoms with van der Waals surface area (Å²) in [6.07, 6.45) is 2.16. The minimum absolute atomic E-state index is 0.0792. The summed E-state index contributed by atoms with van der Waals surface area (Å²) in [5.41, 5.74) is 2.59. The molecular weight excluding hydrogens is 248 g/mol. The number of nitrogens with one attached hydrogen (secondary N) is 1. The molecule has 0 aliphatic rings. The molecule has 0 aliphatic heterocycles. The Labute approximate surface area is 124 Å². The van der Waals surface area contributed by atoms with Crippen molar-refractivity contribution in [3.05, 3.63) is 29.3 Å². The van der Waals surface area contributed by atoms with Crippen LogP contribution in [0.4, 0.5) is 0 Å². The Morgan fingerprint density at radius 2 is 1.85 bits per heavy atom. The molecule has 0 spiro atoms. The number of ether oxygens (including phenoxy) is 1. The molecule has 3 nitrogen and oxygen atoms in total. The van der Waals surface area contributed by atoms with E-state index in [9.17, 15) is 0 Å². The molecule has 1 N–H and O–H groups in total. The second-order valence-electron chi connectivity index (χ2n) is 5.67. The predicted octanol–water partition coefficient (Wildman–Crippen LogP) is 3.38. The van der Waals surface area contributed by atoms with Gasteiger partial charge in [-0.05, 0) is 47.0 Å². The molecule has 1 aromatic carbocycles. The topological polar surface area (TPSA) is 24.5 Å². The van der Waals surface area contributed by atoms with Crippen molar-refractivity contribution in [3.63, 3.8) is 0 Å². The molecule has 0 fully saturated rings. The minimum atomic E-state index is 0.0792. The summed E-state index contributed by atoms with van der Waals surface area (Å²) in [5.74, 6) is 0.961. The molecule has 20 heavy (non-hydrogen) atoms. The third-order valence-electron chi connectivity index (χ3n) is 4.64. The summed E-state index contributed by atoms with van der Waals surface area (Å²) < 4.78 is 5.59. The van der Waals surface area contributed by atoms with Gasteiger partial charge >= 0.3 is 0 Å². The maximum atomic E-state index is 5.59. The summed E-state index contributed by atoms with van der Waals surface area (Å²) in [6, 6.07) is 6.65. The average Bonchev–Trinajstić information content (AvgIpc) is 2.44. The average molecular weight is 278 g/mol. The van der Waals surface area contributed by atoms with E-state index in [1.54, 1.807) is 7.11 Å². The molecule has 0 heterocycles. The van der Waals surface area contributed by atoms with Crippen LogP contribution in [-0.4, -0.2) is 38.7 Å². The van der Waals surface area contributed by atoms with Gasteiger partial charge in [-0.15, -0.1) is 0 Å². The molecule has 1 rings (SSSR count). The van der Waals surface area contributed by atoms with Gasteiger partial charge in [-0.3, -0.25) is 0 Å². The molecule has 1 aromatic rings. The first-order valence-electron chi connectivity index (χ1n) is 7.46. The maximum absolute atomic E-state index is 5.59. The maximum Gasteiger partial charge on any atom is 0.123 e. The first-order chi connectivity index (χ1) is 9.46. The van der Waals surface area contributed by atoms with Gasteiger partial charge in [-0.25, -0.2) is 0 Å². The van der Waals surface area contributed by atoms with Gasteiger partial charge in [-0.2, -0.15) is 0 Å². The number of aryl methyl sites for hydroxylation is 1. The van der Waals surface area contributed by atoms with Crippen LogP contribution in [-0.2, 0) is 0 Å². The normalized spacial score (nSPS) is 13.6. The van der Waals surface area contributed by atoms with Gasteiger partial charge in [-0.1, -0.05) is 31.5 Å². The molecule has 0 aliphatic carbocycles. The van der Waals surface area contributed by atoms with Gasteiger partial charge in [0.15, 0.2) is 0 Å². The SMILES string of the molecule is CCC(CC)(C(NC)c1cc(C)ccc1OC)N(C)C. The number of methoxy groups -OCH3 is 1. The predicted molar refractivity (Wildman–Crippen MR) is 86.5 cm³/mol. The number of benzene rings is 1. The van der Waals surface area contributed by atoms with Crippen LogP contribution in [0.15, 0.2) is 18.2 Å². The van der Waals surface area contributed by atoms with Crippen LogP contribution in [0, 0.1) is 6.92 Å². The second kappa shape index (κ2) is 7.09. The summed E-state index contributed by atoms with van der Waals surface area (Å²) in [4.78, 5) is 2.34. The first-order valence-corrected chi connectivity index (χ1v) is 7.46. The van der Waals surface area contributed by atoms with Gasteiger partial charge in [0.05, 0.1) is 13.2 Å². The standard InChI is InChI=1S/C17H30N2O/c1-8-17(9-2,19(5)6)16(18-4)14-12-13(3)10-11-15(14)20-7/h10-12,16,18H,8-9H2,1-7H3. The number of hydrogen-bond acceptors (Lipinski definition) is 3. The molecule has 0 aromatic heterocycles. The van der Waals surface area contributed by atoms with Gasteiger partial charge in [0.1, 0.15) is 5.75 Å². The van der Waals surface area contributed by atoms with E-state index in [1.807, 2.05) is 7.05 Å². The molecule has 0 bridgehead atoms. The second-order valence-corrected chi connectivity index (χ2v) is 5.67. The zero-order valence-corrected chi connectivity index (χ0v) is 14.1. The molecular formula is C17H30N2O. The van der Waals surface area contributed by atoms with E-state index in [4.69, 9.17) is 4.74 Å². The molecule has 0 saturated carbocycles. The molecule has 0 saturated heterocycles. The Bertz CT molecular complexity index is 425. The van der Waals surface area contributed by atoms with E-state index in [0.717, 1.165) is 18.6 Å². The number of hydrogen-bond donors (Lipinski definition) is 1. The van der Waals surface area contributed by atoms with Crippen LogP contribution >= 0.6 is 0 Å². The van der Waals surface area contributed by atoms with Crippen molar-refractivity contribution in [1.82, 2.24) is 10.2 Å². The van der Waals surface area contributed by atoms with E-state index in [-0.39, 0.29) is 11.6 Å². The van der Waals surface area contributed by atoms with Crippen molar-refractivity contribution in [3.8, 4) is 5.75 Å². The van der Waals surface area contributed by atoms with Crippen LogP contribution in [0.5, 0.6) is 5.75 Å². The van der Waals surface area contributed by atoms with E-state index in [2.05, 4.69) is 63.3 Å². The van der Waals surface area contributed by atoms with Gasteiger partial charge < -0.3 is 15.0 Å². The van der Waals surface area contributed by atoms with Crippen LogP contribution in [0.2, 0.25) is 0 Å². The zero-order chi connectivity index (χ0) is 15.3. The lowest BCUT2D eigenvalue weighted by atomic mass is 9.79. The highest BCUT2D eigenvalue weighted by atomic mass is 16.5. The quantitative estimate of drug-likeness (QED) is 0.827. The van der Waals surface area contributed by atoms with Crippen molar-refractivity contribution in [2.75, 3.05) is 28.3 Å². The van der Waals surface area contributed by atoms with Gasteiger partial charge in [0.25, 0.3) is 0 Å². The highest BCUT2D eigenvalue weighted by molar-refractivity contribution is 5.41. The van der Waals surface area contributed by atoms with E-state index in [1.165, 1.54) is 11.1 Å². The molecule has 1 atom stereocenters. The Hall–Kier alpha value is -1.06. The van der Waals surface area contributed by atoms with Crippen LogP contribution in [0.3, 0.4) is 0 Å². The van der Waals surface area contributed by atoms with E-state index < -0.39 is 0 Å². The van der Waals surface area contributed by atoms with Crippen LogP contribution in [0.1, 0.15) is 43.9 Å². The van der Waals surface area contributed by atoms with E-state index in [0.29, 0.717) is 0 Å². The van der Waals surface area contributed by atoms with Crippen LogP contribution < -0.4 is 10.1 Å². The van der Waals surface area contributed by atoms with E-state index >= 15 is 0 Å². The summed E-state index contributed by atoms with van der Waals surface area (Å²) >= 11 is 0. The Kier molecular flexibility index (Phi) is 6.03. The highest BCUT2D eigenvalue weighted by Gasteiger charge is 2.39. The van der Waals surface area contributed by atoms with Gasteiger partial charge in [0, 0.05) is 11.1 Å². The fourth-order valence-corrected chi connectivity index (χ4v) is 3.34. The Morgan fingerprint density at radius 3 is 2.25 bits per heavy atom. The van der Waals surface area contributed by atoms with Crippen molar-refractivity contribution in [2.24, 2.45) is 0 Å². The molecule has 1 unspecified atom stereocenters. The van der Waals surface area contributed by atoms with Crippen molar-refractivity contribution in [1.29, 1.82) is 0 Å². The lowest BCUT2D eigenvalue weighted by Crippen LogP contribution is -2.52. The number of rotatable bonds is 7. The summed E-state index contributed by atoms with van der Waals surface area (Å²) in [5, 5.41) is 3.52. The molecule has 0 amide bonds. The van der Waals surface area contributed by atoms with Gasteiger partial charge in [0.2, 0.25) is 0 Å². The molecule has 0 radical (unpaired) electrons. The highest BCUT2D eigenvalue weighted by Crippen LogP contribution is 2.39. The fraction of sp³-hybridized carbons (Fsp3) is 0.647. The summed E-state index contributed by atoms with van der Waals surface area (Å²) in [7, 11) is 8.12. The van der Waals surface area contributed by atoms with Crippen molar-refractivity contribution >= 4 is 0 Å². The number of nitrogens with zero attached hydrogens (tertiary/aromatic N) is 1. The Balaban J connectivity index is 3.40. The third-order valence-corrected chi connectivity index (χ3v) is 4.64. The largest absolute Gasteiger partial charge is 0.496 e. The Morgan fingerprint density at radius 1 is 1.25 bits per heavy atom. The smallest absolute Gasteiger partial charge is 0.123 e. The third kappa shape index (κ3) is 2.99. The lowest BCUT2D eigenvalue weighted by molar-refractivity contribution is 0.0905. The number of likely N-dealkylation sites (N-methyl/N-ethyl adjacent to an activating group) is 2.